The first-order valence-electron chi connectivity index (χ1n) is 18.1. The summed E-state index contributed by atoms with van der Waals surface area (Å²) in [5.74, 6) is -0.0751. The van der Waals surface area contributed by atoms with Gasteiger partial charge in [-0.05, 0) is 32.1 Å². The molecule has 3 N–H and O–H groups in total. The van der Waals surface area contributed by atoms with Gasteiger partial charge >= 0.3 is 0 Å². The normalized spacial score (nSPS) is 13.4. The first-order chi connectivity index (χ1) is 20.2. The Labute approximate surface area is 256 Å². The average molecular weight is 578 g/mol. The van der Waals surface area contributed by atoms with Gasteiger partial charge in [0.1, 0.15) is 0 Å². The first kappa shape index (κ1) is 39.9. The Morgan fingerprint density at radius 2 is 0.951 bits per heavy atom. The molecular formula is C37H71NO3. The molecule has 4 nitrogen and oxygen atoms in total. The molecule has 0 rings (SSSR count). The lowest BCUT2D eigenvalue weighted by molar-refractivity contribution is -0.123. The molecule has 0 saturated carbocycles. The van der Waals surface area contributed by atoms with Gasteiger partial charge in [0.15, 0.2) is 0 Å². The zero-order valence-corrected chi connectivity index (χ0v) is 27.6. The highest BCUT2D eigenvalue weighted by atomic mass is 16.3. The second-order valence-electron chi connectivity index (χ2n) is 12.3. The topological polar surface area (TPSA) is 69.6 Å². The summed E-state index contributed by atoms with van der Waals surface area (Å²) in [4.78, 5) is 12.3. The maximum atomic E-state index is 12.3. The standard InChI is InChI=1S/C37H71NO3/c1-3-5-7-9-11-13-14-15-16-17-18-19-20-21-22-23-25-27-29-31-33-37(41)38-35(34-39)36(40)32-30-28-26-24-12-10-8-6-4-2/h12,24,30,32,35-36,39-40H,3-11,13-23,25-29,31,33-34H2,1-2H3,(H,38,41)/b24-12+,32-30+. The van der Waals surface area contributed by atoms with Crippen molar-refractivity contribution in [3.05, 3.63) is 24.3 Å². The van der Waals surface area contributed by atoms with Crippen molar-refractivity contribution in [3.63, 3.8) is 0 Å². The highest BCUT2D eigenvalue weighted by Crippen LogP contribution is 2.15. The SMILES string of the molecule is CCCCC/C=C/CC/C=C/C(O)C(CO)NC(=O)CCCCCCCCCCCCCCCCCCCCCC. The Balaban J connectivity index is 3.54. The fourth-order valence-electron chi connectivity index (χ4n) is 5.37. The van der Waals surface area contributed by atoms with Gasteiger partial charge in [-0.1, -0.05) is 173 Å². The quantitative estimate of drug-likeness (QED) is 0.0550. The molecule has 1 amide bonds. The highest BCUT2D eigenvalue weighted by Gasteiger charge is 2.17. The van der Waals surface area contributed by atoms with Gasteiger partial charge < -0.3 is 15.5 Å². The maximum Gasteiger partial charge on any atom is 0.220 e. The van der Waals surface area contributed by atoms with Crippen LogP contribution in [0.25, 0.3) is 0 Å². The molecule has 0 aromatic carbocycles. The van der Waals surface area contributed by atoms with Gasteiger partial charge in [0, 0.05) is 6.42 Å². The summed E-state index contributed by atoms with van der Waals surface area (Å²) >= 11 is 0. The lowest BCUT2D eigenvalue weighted by Gasteiger charge is -2.19. The predicted molar refractivity (Wildman–Crippen MR) is 179 cm³/mol. The van der Waals surface area contributed by atoms with E-state index in [1.807, 2.05) is 6.08 Å². The maximum absolute atomic E-state index is 12.3. The molecule has 0 aliphatic rings. The zero-order valence-electron chi connectivity index (χ0n) is 27.6. The number of aliphatic hydroxyl groups excluding tert-OH is 2. The Morgan fingerprint density at radius 1 is 0.561 bits per heavy atom. The molecule has 2 atom stereocenters. The molecule has 0 aromatic rings. The molecule has 0 heterocycles. The number of hydrogen-bond donors (Lipinski definition) is 3. The van der Waals surface area contributed by atoms with Crippen molar-refractivity contribution in [1.82, 2.24) is 5.32 Å². The molecule has 0 aliphatic heterocycles. The van der Waals surface area contributed by atoms with Crippen molar-refractivity contribution in [3.8, 4) is 0 Å². The van der Waals surface area contributed by atoms with Gasteiger partial charge in [-0.2, -0.15) is 0 Å². The molecule has 0 aliphatic carbocycles. The number of unbranched alkanes of at least 4 members (excludes halogenated alkanes) is 23. The second-order valence-corrected chi connectivity index (χ2v) is 12.3. The van der Waals surface area contributed by atoms with Gasteiger partial charge in [-0.15, -0.1) is 0 Å². The van der Waals surface area contributed by atoms with E-state index < -0.39 is 12.1 Å². The summed E-state index contributed by atoms with van der Waals surface area (Å²) in [5.41, 5.74) is 0. The number of allylic oxidation sites excluding steroid dienone is 3. The molecule has 0 radical (unpaired) electrons. The fraction of sp³-hybridized carbons (Fsp3) is 0.865. The van der Waals surface area contributed by atoms with Crippen molar-refractivity contribution in [2.24, 2.45) is 0 Å². The van der Waals surface area contributed by atoms with E-state index in [9.17, 15) is 15.0 Å². The van der Waals surface area contributed by atoms with Gasteiger partial charge in [-0.25, -0.2) is 0 Å². The number of nitrogens with one attached hydrogen (secondary N) is 1. The van der Waals surface area contributed by atoms with Crippen LogP contribution >= 0.6 is 0 Å². The number of aliphatic hydroxyl groups is 2. The third-order valence-electron chi connectivity index (χ3n) is 8.19. The lowest BCUT2D eigenvalue weighted by atomic mass is 10.0. The summed E-state index contributed by atoms with van der Waals surface area (Å²) in [6.07, 6.45) is 41.3. The van der Waals surface area contributed by atoms with Gasteiger partial charge in [0.05, 0.1) is 18.8 Å². The molecule has 242 valence electrons. The van der Waals surface area contributed by atoms with E-state index in [1.165, 1.54) is 135 Å². The Morgan fingerprint density at radius 3 is 1.41 bits per heavy atom. The van der Waals surface area contributed by atoms with E-state index in [4.69, 9.17) is 0 Å². The van der Waals surface area contributed by atoms with Crippen LogP contribution in [-0.2, 0) is 4.79 Å². The number of hydrogen-bond acceptors (Lipinski definition) is 3. The van der Waals surface area contributed by atoms with Crippen LogP contribution in [0.15, 0.2) is 24.3 Å². The highest BCUT2D eigenvalue weighted by molar-refractivity contribution is 5.76. The van der Waals surface area contributed by atoms with E-state index >= 15 is 0 Å². The van der Waals surface area contributed by atoms with Crippen LogP contribution in [0.3, 0.4) is 0 Å². The summed E-state index contributed by atoms with van der Waals surface area (Å²) in [6, 6.07) is -0.631. The van der Waals surface area contributed by atoms with Gasteiger partial charge in [-0.3, -0.25) is 4.79 Å². The van der Waals surface area contributed by atoms with Crippen molar-refractivity contribution >= 4 is 5.91 Å². The Hall–Kier alpha value is -1.13. The van der Waals surface area contributed by atoms with Crippen molar-refractivity contribution in [2.45, 2.75) is 199 Å². The predicted octanol–water partition coefficient (Wildman–Crippen LogP) is 10.5. The van der Waals surface area contributed by atoms with Crippen LogP contribution in [0.5, 0.6) is 0 Å². The lowest BCUT2D eigenvalue weighted by Crippen LogP contribution is -2.45. The molecule has 41 heavy (non-hydrogen) atoms. The van der Waals surface area contributed by atoms with Crippen molar-refractivity contribution in [1.29, 1.82) is 0 Å². The molecule has 0 saturated heterocycles. The van der Waals surface area contributed by atoms with Crippen molar-refractivity contribution in [2.75, 3.05) is 6.61 Å². The third kappa shape index (κ3) is 30.1. The first-order valence-corrected chi connectivity index (χ1v) is 18.1. The van der Waals surface area contributed by atoms with E-state index in [2.05, 4.69) is 31.3 Å². The van der Waals surface area contributed by atoms with E-state index in [0.717, 1.165) is 32.1 Å². The monoisotopic (exact) mass is 578 g/mol. The van der Waals surface area contributed by atoms with Crippen molar-refractivity contribution < 1.29 is 15.0 Å². The molecule has 0 bridgehead atoms. The van der Waals surface area contributed by atoms with Crippen LogP contribution < -0.4 is 5.32 Å². The van der Waals surface area contributed by atoms with Crippen LogP contribution in [0.1, 0.15) is 187 Å². The van der Waals surface area contributed by atoms with E-state index in [0.29, 0.717) is 6.42 Å². The van der Waals surface area contributed by atoms with E-state index in [1.54, 1.807) is 6.08 Å². The summed E-state index contributed by atoms with van der Waals surface area (Å²) in [6.45, 7) is 4.24. The summed E-state index contributed by atoms with van der Waals surface area (Å²) in [5, 5.41) is 22.7. The minimum atomic E-state index is -0.854. The number of amides is 1. The Kier molecular flexibility index (Phi) is 32.5. The van der Waals surface area contributed by atoms with E-state index in [-0.39, 0.29) is 12.5 Å². The minimum Gasteiger partial charge on any atom is -0.394 e. The number of rotatable bonds is 32. The van der Waals surface area contributed by atoms with Gasteiger partial charge in [0.2, 0.25) is 5.91 Å². The molecule has 4 heteroatoms. The van der Waals surface area contributed by atoms with Crippen LogP contribution in [0.2, 0.25) is 0 Å². The molecule has 0 fully saturated rings. The Bertz CT molecular complexity index is 589. The van der Waals surface area contributed by atoms with Gasteiger partial charge in [0.25, 0.3) is 0 Å². The number of carbonyl (C=O) groups excluding carboxylic acids is 1. The third-order valence-corrected chi connectivity index (χ3v) is 8.19. The molecule has 0 spiro atoms. The molecule has 2 unspecified atom stereocenters. The van der Waals surface area contributed by atoms with Crippen LogP contribution in [0.4, 0.5) is 0 Å². The van der Waals surface area contributed by atoms with Crippen LogP contribution in [-0.4, -0.2) is 34.9 Å². The van der Waals surface area contributed by atoms with Crippen LogP contribution in [0, 0.1) is 0 Å². The summed E-state index contributed by atoms with van der Waals surface area (Å²) < 4.78 is 0. The largest absolute Gasteiger partial charge is 0.394 e. The molecule has 0 aromatic heterocycles. The minimum absolute atomic E-state index is 0.0751. The molecular weight excluding hydrogens is 506 g/mol. The number of carbonyl (C=O) groups is 1. The summed E-state index contributed by atoms with van der Waals surface area (Å²) in [7, 11) is 0. The zero-order chi connectivity index (χ0) is 30.1. The average Bonchev–Trinajstić information content (AvgIpc) is 2.97. The fourth-order valence-corrected chi connectivity index (χ4v) is 5.37. The second kappa shape index (κ2) is 33.4. The smallest absolute Gasteiger partial charge is 0.220 e.